The number of fused-ring (bicyclic) bond motifs is 2. The minimum absolute atomic E-state index is 0.0531. The maximum Gasteiger partial charge on any atom is 0.268 e. The van der Waals surface area contributed by atoms with E-state index in [0.29, 0.717) is 16.3 Å². The highest BCUT2D eigenvalue weighted by atomic mass is 32.2. The SMILES string of the molecule is CC(C)(C)NS(=O)(=O)c1ccc(C2(O)C(=O)N(Cc3nc4cccnc4s3)c3ccccc32)cc1. The Morgan fingerprint density at radius 3 is 2.46 bits per heavy atom. The summed E-state index contributed by atoms with van der Waals surface area (Å²) in [4.78, 5) is 24.9. The van der Waals surface area contributed by atoms with Crippen LogP contribution in [-0.4, -0.2) is 34.9 Å². The predicted octanol–water partition coefficient (Wildman–Crippen LogP) is 3.55. The van der Waals surface area contributed by atoms with Gasteiger partial charge in [-0.25, -0.2) is 23.1 Å². The second-order valence-corrected chi connectivity index (χ2v) is 12.2. The first-order chi connectivity index (χ1) is 16.5. The number of benzene rings is 2. The third-order valence-corrected chi connectivity index (χ3v) is 8.40. The lowest BCUT2D eigenvalue weighted by atomic mass is 9.87. The van der Waals surface area contributed by atoms with E-state index in [2.05, 4.69) is 14.7 Å². The molecule has 1 atom stereocenters. The molecule has 0 radical (unpaired) electrons. The van der Waals surface area contributed by atoms with Gasteiger partial charge in [0, 0.05) is 17.3 Å². The van der Waals surface area contributed by atoms with Crippen molar-refractivity contribution in [2.45, 2.75) is 43.4 Å². The van der Waals surface area contributed by atoms with Gasteiger partial charge in [0.2, 0.25) is 10.0 Å². The zero-order valence-electron chi connectivity index (χ0n) is 19.4. The molecule has 1 aliphatic rings. The molecule has 1 amide bonds. The largest absolute Gasteiger partial charge is 0.372 e. The first kappa shape index (κ1) is 23.6. The van der Waals surface area contributed by atoms with Gasteiger partial charge in [-0.1, -0.05) is 41.7 Å². The second-order valence-electron chi connectivity index (χ2n) is 9.43. The number of aliphatic hydroxyl groups is 1. The highest BCUT2D eigenvalue weighted by Gasteiger charge is 2.51. The van der Waals surface area contributed by atoms with Gasteiger partial charge in [-0.05, 0) is 56.7 Å². The quantitative estimate of drug-likeness (QED) is 0.426. The van der Waals surface area contributed by atoms with E-state index in [4.69, 9.17) is 0 Å². The number of hydrogen-bond donors (Lipinski definition) is 2. The Bertz CT molecular complexity index is 1510. The Hall–Kier alpha value is -3.18. The third-order valence-electron chi connectivity index (χ3n) is 5.67. The number of nitrogens with zero attached hydrogens (tertiary/aromatic N) is 3. The number of sulfonamides is 1. The summed E-state index contributed by atoms with van der Waals surface area (Å²) in [6.07, 6.45) is 1.69. The van der Waals surface area contributed by atoms with Crippen molar-refractivity contribution in [1.29, 1.82) is 0 Å². The Labute approximate surface area is 207 Å². The highest BCUT2D eigenvalue weighted by molar-refractivity contribution is 7.89. The van der Waals surface area contributed by atoms with E-state index in [9.17, 15) is 18.3 Å². The van der Waals surface area contributed by atoms with Gasteiger partial charge in [-0.15, -0.1) is 0 Å². The molecule has 180 valence electrons. The van der Waals surface area contributed by atoms with Crippen LogP contribution in [0.15, 0.2) is 71.8 Å². The van der Waals surface area contributed by atoms with Crippen LogP contribution in [0.25, 0.3) is 10.3 Å². The average Bonchev–Trinajstić information content (AvgIpc) is 3.31. The standard InChI is InChI=1S/C25H24N4O4S2/c1-24(2,3)28-35(32,33)17-12-10-16(11-13-17)25(31)18-7-4-5-9-20(18)29(23(25)30)15-21-27-19-8-6-14-26-22(19)34-21/h4-14,28,31H,15H2,1-3H3. The maximum absolute atomic E-state index is 13.7. The number of anilines is 1. The number of carbonyl (C=O) groups is 1. The van der Waals surface area contributed by atoms with Crippen LogP contribution in [0, 0.1) is 0 Å². The number of aromatic nitrogens is 2. The number of amides is 1. The molecule has 0 saturated heterocycles. The summed E-state index contributed by atoms with van der Waals surface area (Å²) in [5.41, 5.74) is -0.537. The highest BCUT2D eigenvalue weighted by Crippen LogP contribution is 2.45. The lowest BCUT2D eigenvalue weighted by Crippen LogP contribution is -2.41. The number of pyridine rings is 1. The third kappa shape index (κ3) is 4.12. The van der Waals surface area contributed by atoms with Gasteiger partial charge < -0.3 is 10.0 Å². The molecule has 0 aliphatic carbocycles. The fourth-order valence-electron chi connectivity index (χ4n) is 4.23. The Balaban J connectivity index is 1.51. The average molecular weight is 509 g/mol. The summed E-state index contributed by atoms with van der Waals surface area (Å²) >= 11 is 1.39. The maximum atomic E-state index is 13.7. The molecule has 0 saturated carbocycles. The Morgan fingerprint density at radius 1 is 1.06 bits per heavy atom. The molecule has 0 bridgehead atoms. The van der Waals surface area contributed by atoms with Crippen molar-refractivity contribution >= 4 is 43.3 Å². The van der Waals surface area contributed by atoms with Gasteiger partial charge in [-0.2, -0.15) is 0 Å². The molecule has 4 aromatic rings. The molecule has 35 heavy (non-hydrogen) atoms. The molecular formula is C25H24N4O4S2. The van der Waals surface area contributed by atoms with Crippen LogP contribution in [0.1, 0.15) is 36.9 Å². The minimum atomic E-state index is -3.76. The summed E-state index contributed by atoms with van der Waals surface area (Å²) in [6, 6.07) is 16.5. The number of carbonyl (C=O) groups excluding carboxylic acids is 1. The van der Waals surface area contributed by atoms with Gasteiger partial charge in [0.15, 0.2) is 5.60 Å². The smallest absolute Gasteiger partial charge is 0.268 e. The van der Waals surface area contributed by atoms with E-state index >= 15 is 0 Å². The van der Waals surface area contributed by atoms with Crippen LogP contribution < -0.4 is 9.62 Å². The van der Waals surface area contributed by atoms with E-state index in [0.717, 1.165) is 10.3 Å². The molecule has 3 heterocycles. The van der Waals surface area contributed by atoms with Crippen LogP contribution in [0.3, 0.4) is 0 Å². The molecule has 1 unspecified atom stereocenters. The molecule has 0 fully saturated rings. The van der Waals surface area contributed by atoms with Crippen LogP contribution in [0.5, 0.6) is 0 Å². The molecule has 8 nitrogen and oxygen atoms in total. The lowest BCUT2D eigenvalue weighted by Gasteiger charge is -2.24. The monoisotopic (exact) mass is 508 g/mol. The van der Waals surface area contributed by atoms with Crippen molar-refractivity contribution in [3.63, 3.8) is 0 Å². The van der Waals surface area contributed by atoms with Crippen LogP contribution in [0.2, 0.25) is 0 Å². The molecule has 2 N–H and O–H groups in total. The lowest BCUT2D eigenvalue weighted by molar-refractivity contribution is -0.132. The predicted molar refractivity (Wildman–Crippen MR) is 135 cm³/mol. The second kappa shape index (κ2) is 8.20. The van der Waals surface area contributed by atoms with Crippen LogP contribution in [-0.2, 0) is 27.0 Å². The minimum Gasteiger partial charge on any atom is -0.372 e. The summed E-state index contributed by atoms with van der Waals surface area (Å²) in [5, 5.41) is 12.5. The summed E-state index contributed by atoms with van der Waals surface area (Å²) in [7, 11) is -3.76. The van der Waals surface area contributed by atoms with Crippen LogP contribution in [0.4, 0.5) is 5.69 Å². The van der Waals surface area contributed by atoms with Gasteiger partial charge in [0.1, 0.15) is 15.4 Å². The normalized spacial score (nSPS) is 18.3. The summed E-state index contributed by atoms with van der Waals surface area (Å²) in [6.45, 7) is 5.45. The fourth-order valence-corrected chi connectivity index (χ4v) is 6.54. The van der Waals surface area contributed by atoms with E-state index in [-0.39, 0.29) is 17.0 Å². The van der Waals surface area contributed by atoms with Crippen molar-refractivity contribution in [3.8, 4) is 0 Å². The Morgan fingerprint density at radius 2 is 1.77 bits per heavy atom. The van der Waals surface area contributed by atoms with E-state index in [1.165, 1.54) is 40.5 Å². The summed E-state index contributed by atoms with van der Waals surface area (Å²) in [5.74, 6) is -0.519. The van der Waals surface area contributed by atoms with E-state index in [1.807, 2.05) is 12.1 Å². The van der Waals surface area contributed by atoms with Crippen molar-refractivity contribution < 1.29 is 18.3 Å². The summed E-state index contributed by atoms with van der Waals surface area (Å²) < 4.78 is 28.0. The zero-order chi connectivity index (χ0) is 25.0. The number of nitrogens with one attached hydrogen (secondary N) is 1. The molecule has 5 rings (SSSR count). The van der Waals surface area contributed by atoms with Crippen molar-refractivity contribution in [3.05, 3.63) is 83.0 Å². The molecule has 0 spiro atoms. The van der Waals surface area contributed by atoms with Gasteiger partial charge in [0.25, 0.3) is 5.91 Å². The number of thiazole rings is 1. The van der Waals surface area contributed by atoms with E-state index in [1.54, 1.807) is 51.2 Å². The zero-order valence-corrected chi connectivity index (χ0v) is 21.0. The van der Waals surface area contributed by atoms with Crippen LogP contribution >= 0.6 is 11.3 Å². The number of hydrogen-bond acceptors (Lipinski definition) is 7. The number of rotatable bonds is 5. The fraction of sp³-hybridized carbons (Fsp3) is 0.240. The van der Waals surface area contributed by atoms with E-state index < -0.39 is 27.1 Å². The Kier molecular flexibility index (Phi) is 5.52. The van der Waals surface area contributed by atoms with Crippen molar-refractivity contribution in [2.24, 2.45) is 0 Å². The van der Waals surface area contributed by atoms with Crippen molar-refractivity contribution in [2.75, 3.05) is 4.90 Å². The molecule has 10 heteroatoms. The molecule has 2 aromatic heterocycles. The molecular weight excluding hydrogens is 484 g/mol. The topological polar surface area (TPSA) is 112 Å². The van der Waals surface area contributed by atoms with Crippen molar-refractivity contribution in [1.82, 2.24) is 14.7 Å². The first-order valence-electron chi connectivity index (χ1n) is 11.0. The van der Waals surface area contributed by atoms with Gasteiger partial charge in [-0.3, -0.25) is 4.79 Å². The van der Waals surface area contributed by atoms with Gasteiger partial charge >= 0.3 is 0 Å². The van der Waals surface area contributed by atoms with Gasteiger partial charge in [0.05, 0.1) is 17.1 Å². The molecule has 1 aliphatic heterocycles. The molecule has 2 aromatic carbocycles. The number of para-hydroxylation sites is 1. The first-order valence-corrected chi connectivity index (χ1v) is 13.3.